The maximum Gasteiger partial charge on any atom is 0.258 e. The van der Waals surface area contributed by atoms with Crippen molar-refractivity contribution in [1.82, 2.24) is 24.8 Å². The summed E-state index contributed by atoms with van der Waals surface area (Å²) in [6.45, 7) is 1.63. The highest BCUT2D eigenvalue weighted by Crippen LogP contribution is 2.05. The summed E-state index contributed by atoms with van der Waals surface area (Å²) in [6.07, 6.45) is 2.37. The number of nitrogens with zero attached hydrogens (tertiary/aromatic N) is 3. The lowest BCUT2D eigenvalue weighted by Crippen LogP contribution is -2.24. The van der Waals surface area contributed by atoms with Gasteiger partial charge in [0.25, 0.3) is 10.0 Å². The molecule has 0 saturated carbocycles. The van der Waals surface area contributed by atoms with Gasteiger partial charge in [-0.3, -0.25) is 0 Å². The van der Waals surface area contributed by atoms with Crippen LogP contribution in [0.4, 0.5) is 0 Å². The molecule has 0 aromatic carbocycles. The summed E-state index contributed by atoms with van der Waals surface area (Å²) in [4.78, 5) is 10.1. The number of H-pyrrole nitrogens is 1. The fourth-order valence-electron chi connectivity index (χ4n) is 1.04. The lowest BCUT2D eigenvalue weighted by atomic mass is 10.6. The van der Waals surface area contributed by atoms with Gasteiger partial charge in [0.05, 0.1) is 12.7 Å². The van der Waals surface area contributed by atoms with Crippen molar-refractivity contribution >= 4 is 10.0 Å². The van der Waals surface area contributed by atoms with Gasteiger partial charge in [0.15, 0.2) is 10.9 Å². The highest BCUT2D eigenvalue weighted by molar-refractivity contribution is 7.89. The van der Waals surface area contributed by atoms with Gasteiger partial charge >= 0.3 is 0 Å². The van der Waals surface area contributed by atoms with E-state index in [1.54, 1.807) is 6.92 Å². The normalized spacial score (nSPS) is 11.8. The average molecular weight is 243 g/mol. The Morgan fingerprint density at radius 3 is 2.88 bits per heavy atom. The van der Waals surface area contributed by atoms with E-state index in [1.165, 1.54) is 6.20 Å². The first-order chi connectivity index (χ1) is 7.58. The molecular formula is C7H9N5O3S. The fraction of sp³-hybridized carbons (Fsp3) is 0.286. The van der Waals surface area contributed by atoms with Crippen LogP contribution in [0.25, 0.3) is 0 Å². The van der Waals surface area contributed by atoms with Crippen LogP contribution in [0.15, 0.2) is 22.1 Å². The zero-order valence-corrected chi connectivity index (χ0v) is 9.15. The molecule has 0 aliphatic heterocycles. The molecule has 9 heteroatoms. The van der Waals surface area contributed by atoms with Crippen LogP contribution in [-0.4, -0.2) is 28.5 Å². The van der Waals surface area contributed by atoms with Gasteiger partial charge < -0.3 is 9.51 Å². The lowest BCUT2D eigenvalue weighted by molar-refractivity contribution is 0.409. The van der Waals surface area contributed by atoms with E-state index in [-0.39, 0.29) is 17.4 Å². The summed E-state index contributed by atoms with van der Waals surface area (Å²) < 4.78 is 30.1. The van der Waals surface area contributed by atoms with E-state index >= 15 is 0 Å². The highest BCUT2D eigenvalue weighted by atomic mass is 32.2. The van der Waals surface area contributed by atoms with E-state index in [2.05, 4.69) is 29.4 Å². The second-order valence-electron chi connectivity index (χ2n) is 3.00. The van der Waals surface area contributed by atoms with Crippen LogP contribution in [0.1, 0.15) is 11.6 Å². The monoisotopic (exact) mass is 243 g/mol. The van der Waals surface area contributed by atoms with Crippen molar-refractivity contribution in [2.75, 3.05) is 0 Å². The molecule has 0 amide bonds. The van der Waals surface area contributed by atoms with E-state index < -0.39 is 10.0 Å². The topological polar surface area (TPSA) is 114 Å². The number of aromatic nitrogens is 4. The molecule has 0 unspecified atom stereocenters. The Balaban J connectivity index is 2.09. The Morgan fingerprint density at radius 2 is 2.31 bits per heavy atom. The number of hydrogen-bond acceptors (Lipinski definition) is 6. The van der Waals surface area contributed by atoms with Gasteiger partial charge in [-0.15, -0.1) is 0 Å². The number of sulfonamides is 1. The molecule has 2 rings (SSSR count). The molecule has 2 heterocycles. The summed E-state index contributed by atoms with van der Waals surface area (Å²) in [7, 11) is -3.61. The molecular weight excluding hydrogens is 234 g/mol. The summed E-state index contributed by atoms with van der Waals surface area (Å²) in [5.41, 5.74) is 0. The minimum absolute atomic E-state index is 0.00787. The molecule has 0 spiro atoms. The molecule has 0 fully saturated rings. The van der Waals surface area contributed by atoms with Crippen LogP contribution in [0.3, 0.4) is 0 Å². The third-order valence-corrected chi connectivity index (χ3v) is 3.11. The number of imidazole rings is 1. The Morgan fingerprint density at radius 1 is 1.50 bits per heavy atom. The second kappa shape index (κ2) is 4.02. The molecule has 2 aromatic heterocycles. The quantitative estimate of drug-likeness (QED) is 0.753. The number of rotatable bonds is 4. The molecule has 16 heavy (non-hydrogen) atoms. The number of aryl methyl sites for hydroxylation is 1. The third kappa shape index (κ3) is 2.25. The zero-order chi connectivity index (χ0) is 11.6. The van der Waals surface area contributed by atoms with Crippen LogP contribution in [0.5, 0.6) is 0 Å². The molecule has 0 radical (unpaired) electrons. The molecule has 86 valence electrons. The molecule has 0 aliphatic rings. The largest absolute Gasteiger partial charge is 0.343 e. The molecule has 2 aromatic rings. The second-order valence-corrected chi connectivity index (χ2v) is 4.74. The highest BCUT2D eigenvalue weighted by Gasteiger charge is 2.16. The van der Waals surface area contributed by atoms with Crippen LogP contribution in [0, 0.1) is 6.92 Å². The lowest BCUT2D eigenvalue weighted by Gasteiger charge is -2.00. The maximum atomic E-state index is 11.7. The average Bonchev–Trinajstić information content (AvgIpc) is 2.85. The maximum absolute atomic E-state index is 11.7. The standard InChI is InChI=1S/C7H9N5O3S/c1-5-8-3-7(11-5)16(13,14)10-2-6-9-4-15-12-6/h3-4,10H,2H2,1H3,(H,8,11). The van der Waals surface area contributed by atoms with Crippen LogP contribution in [0.2, 0.25) is 0 Å². The van der Waals surface area contributed by atoms with Gasteiger partial charge in [-0.2, -0.15) is 4.98 Å². The summed E-state index contributed by atoms with van der Waals surface area (Å²) in [5, 5.41) is 3.49. The summed E-state index contributed by atoms with van der Waals surface area (Å²) in [5.74, 6) is 0.791. The molecule has 0 bridgehead atoms. The first-order valence-electron chi connectivity index (χ1n) is 4.34. The van der Waals surface area contributed by atoms with E-state index in [9.17, 15) is 8.42 Å². The zero-order valence-electron chi connectivity index (χ0n) is 8.34. The van der Waals surface area contributed by atoms with Gasteiger partial charge in [-0.05, 0) is 6.92 Å². The van der Waals surface area contributed by atoms with Gasteiger partial charge in [-0.25, -0.2) is 18.1 Å². The minimum Gasteiger partial charge on any atom is -0.343 e. The third-order valence-electron chi connectivity index (χ3n) is 1.80. The first-order valence-corrected chi connectivity index (χ1v) is 5.83. The molecule has 8 nitrogen and oxygen atoms in total. The molecule has 0 saturated heterocycles. The van der Waals surface area contributed by atoms with Crippen LogP contribution in [-0.2, 0) is 16.6 Å². The van der Waals surface area contributed by atoms with Crippen molar-refractivity contribution in [3.8, 4) is 0 Å². The number of hydrogen-bond donors (Lipinski definition) is 2. The van der Waals surface area contributed by atoms with Crippen molar-refractivity contribution in [2.45, 2.75) is 18.5 Å². The van der Waals surface area contributed by atoms with E-state index in [1.807, 2.05) is 0 Å². The van der Waals surface area contributed by atoms with Gasteiger partial charge in [-0.1, -0.05) is 5.16 Å². The Labute approximate surface area is 91.1 Å². The van der Waals surface area contributed by atoms with Gasteiger partial charge in [0.2, 0.25) is 6.39 Å². The predicted octanol–water partition coefficient (Wildman–Crippen LogP) is -0.420. The number of aromatic amines is 1. The summed E-state index contributed by atoms with van der Waals surface area (Å²) in [6, 6.07) is 0. The van der Waals surface area contributed by atoms with Crippen molar-refractivity contribution in [3.63, 3.8) is 0 Å². The Hall–Kier alpha value is -1.74. The summed E-state index contributed by atoms with van der Waals surface area (Å²) >= 11 is 0. The van der Waals surface area contributed by atoms with Crippen molar-refractivity contribution < 1.29 is 12.9 Å². The van der Waals surface area contributed by atoms with E-state index in [0.29, 0.717) is 5.82 Å². The number of nitrogens with one attached hydrogen (secondary N) is 2. The van der Waals surface area contributed by atoms with Crippen molar-refractivity contribution in [1.29, 1.82) is 0 Å². The first kappa shape index (κ1) is 10.8. The molecule has 0 atom stereocenters. The minimum atomic E-state index is -3.61. The van der Waals surface area contributed by atoms with E-state index in [4.69, 9.17) is 0 Å². The smallest absolute Gasteiger partial charge is 0.258 e. The van der Waals surface area contributed by atoms with Crippen molar-refractivity contribution in [3.05, 3.63) is 24.2 Å². The molecule has 0 aliphatic carbocycles. The Bertz CT molecular complexity index is 559. The predicted molar refractivity (Wildman–Crippen MR) is 51.6 cm³/mol. The van der Waals surface area contributed by atoms with Crippen LogP contribution < -0.4 is 4.72 Å². The molecule has 2 N–H and O–H groups in total. The SMILES string of the molecule is Cc1ncc(S(=O)(=O)NCc2ncon2)[nH]1. The van der Waals surface area contributed by atoms with Gasteiger partial charge in [0.1, 0.15) is 5.82 Å². The fourth-order valence-corrected chi connectivity index (χ4v) is 1.99. The van der Waals surface area contributed by atoms with E-state index in [0.717, 1.165) is 6.39 Å². The van der Waals surface area contributed by atoms with Crippen molar-refractivity contribution in [2.24, 2.45) is 0 Å². The van der Waals surface area contributed by atoms with Gasteiger partial charge in [0, 0.05) is 0 Å². The Kier molecular flexibility index (Phi) is 2.71. The van der Waals surface area contributed by atoms with Crippen LogP contribution >= 0.6 is 0 Å².